The molecule has 0 aliphatic carbocycles. The molecule has 29 heavy (non-hydrogen) atoms. The van der Waals surface area contributed by atoms with Crippen molar-refractivity contribution in [2.45, 2.75) is 18.2 Å². The molecule has 1 heterocycles. The minimum absolute atomic E-state index is 0.0423. The van der Waals surface area contributed by atoms with Crippen molar-refractivity contribution in [1.29, 1.82) is 0 Å². The number of carbonyl (C=O) groups excluding carboxylic acids is 1. The summed E-state index contributed by atoms with van der Waals surface area (Å²) >= 11 is 0. The van der Waals surface area contributed by atoms with Gasteiger partial charge in [-0.05, 0) is 54.8 Å². The molecular formula is C21H20FN3O3S. The smallest absolute Gasteiger partial charge is 0.262 e. The molecule has 0 aliphatic rings. The molecule has 1 aromatic heterocycles. The van der Waals surface area contributed by atoms with Gasteiger partial charge in [-0.3, -0.25) is 14.5 Å². The Balaban J connectivity index is 1.74. The van der Waals surface area contributed by atoms with Crippen LogP contribution in [0.25, 0.3) is 0 Å². The van der Waals surface area contributed by atoms with Crippen molar-refractivity contribution in [2.75, 3.05) is 11.3 Å². The molecule has 3 aromatic rings. The molecule has 0 unspecified atom stereocenters. The first-order valence-electron chi connectivity index (χ1n) is 8.92. The lowest BCUT2D eigenvalue weighted by Gasteiger charge is -2.13. The van der Waals surface area contributed by atoms with E-state index < -0.39 is 15.9 Å². The van der Waals surface area contributed by atoms with E-state index in [0.29, 0.717) is 17.7 Å². The predicted octanol–water partition coefficient (Wildman–Crippen LogP) is 3.30. The Morgan fingerprint density at radius 3 is 2.52 bits per heavy atom. The number of hydrogen-bond donors (Lipinski definition) is 2. The zero-order chi connectivity index (χ0) is 20.9. The van der Waals surface area contributed by atoms with E-state index in [-0.39, 0.29) is 22.8 Å². The maximum Gasteiger partial charge on any atom is 0.262 e. The number of nitrogens with one attached hydrogen (secondary N) is 2. The number of carbonyl (C=O) groups is 1. The fourth-order valence-corrected chi connectivity index (χ4v) is 4.05. The lowest BCUT2D eigenvalue weighted by molar-refractivity contribution is 0.0951. The van der Waals surface area contributed by atoms with Crippen LogP contribution in [0.5, 0.6) is 0 Å². The summed E-state index contributed by atoms with van der Waals surface area (Å²) < 4.78 is 41.1. The van der Waals surface area contributed by atoms with Crippen LogP contribution in [0.4, 0.5) is 10.1 Å². The molecule has 3 rings (SSSR count). The quantitative estimate of drug-likeness (QED) is 0.622. The summed E-state index contributed by atoms with van der Waals surface area (Å²) in [5.41, 5.74) is 1.96. The van der Waals surface area contributed by atoms with Crippen LogP contribution in [-0.4, -0.2) is 25.9 Å². The van der Waals surface area contributed by atoms with Crippen molar-refractivity contribution in [1.82, 2.24) is 10.3 Å². The third-order valence-corrected chi connectivity index (χ3v) is 5.74. The second kappa shape index (κ2) is 8.83. The van der Waals surface area contributed by atoms with Crippen LogP contribution in [0.15, 0.2) is 71.9 Å². The Morgan fingerprint density at radius 1 is 1.07 bits per heavy atom. The van der Waals surface area contributed by atoms with Crippen LogP contribution in [0, 0.1) is 12.7 Å². The van der Waals surface area contributed by atoms with Crippen LogP contribution in [0.2, 0.25) is 0 Å². The third kappa shape index (κ3) is 5.17. The molecule has 1 amide bonds. The lowest BCUT2D eigenvalue weighted by atomic mass is 10.1. The van der Waals surface area contributed by atoms with Gasteiger partial charge in [0.25, 0.3) is 15.9 Å². The lowest BCUT2D eigenvalue weighted by Crippen LogP contribution is -2.28. The SMILES string of the molecule is Cc1ccncc1NS(=O)(=O)c1ccccc1C(=O)NCCc1ccc(F)cc1. The highest BCUT2D eigenvalue weighted by molar-refractivity contribution is 7.92. The monoisotopic (exact) mass is 413 g/mol. The number of anilines is 1. The molecule has 0 spiro atoms. The molecule has 6 nitrogen and oxygen atoms in total. The van der Waals surface area contributed by atoms with Crippen molar-refractivity contribution in [3.63, 3.8) is 0 Å². The Kier molecular flexibility index (Phi) is 6.23. The fourth-order valence-electron chi connectivity index (χ4n) is 2.73. The van der Waals surface area contributed by atoms with Gasteiger partial charge in [-0.15, -0.1) is 0 Å². The van der Waals surface area contributed by atoms with Crippen LogP contribution >= 0.6 is 0 Å². The Hall–Kier alpha value is -3.26. The highest BCUT2D eigenvalue weighted by Gasteiger charge is 2.22. The van der Waals surface area contributed by atoms with Gasteiger partial charge in [0.05, 0.1) is 17.4 Å². The number of aryl methyl sites for hydroxylation is 1. The molecule has 2 aromatic carbocycles. The van der Waals surface area contributed by atoms with E-state index >= 15 is 0 Å². The van der Waals surface area contributed by atoms with E-state index in [9.17, 15) is 17.6 Å². The summed E-state index contributed by atoms with van der Waals surface area (Å²) in [6.07, 6.45) is 3.47. The van der Waals surface area contributed by atoms with E-state index in [2.05, 4.69) is 15.0 Å². The van der Waals surface area contributed by atoms with E-state index in [1.54, 1.807) is 43.5 Å². The third-order valence-electron chi connectivity index (χ3n) is 4.32. The second-order valence-corrected chi connectivity index (χ2v) is 8.08. The molecule has 2 N–H and O–H groups in total. The van der Waals surface area contributed by atoms with Crippen LogP contribution in [0.3, 0.4) is 0 Å². The van der Waals surface area contributed by atoms with Crippen LogP contribution in [-0.2, 0) is 16.4 Å². The normalized spacial score (nSPS) is 11.1. The highest BCUT2D eigenvalue weighted by Crippen LogP contribution is 2.21. The molecule has 0 saturated carbocycles. The average Bonchev–Trinajstić information content (AvgIpc) is 2.71. The highest BCUT2D eigenvalue weighted by atomic mass is 32.2. The predicted molar refractivity (Wildman–Crippen MR) is 109 cm³/mol. The number of aromatic nitrogens is 1. The van der Waals surface area contributed by atoms with E-state index in [1.807, 2.05) is 0 Å². The fraction of sp³-hybridized carbons (Fsp3) is 0.143. The molecular weight excluding hydrogens is 393 g/mol. The summed E-state index contributed by atoms with van der Waals surface area (Å²) in [4.78, 5) is 16.4. The number of nitrogens with zero attached hydrogens (tertiary/aromatic N) is 1. The first kappa shape index (κ1) is 20.5. The van der Waals surface area contributed by atoms with Crippen molar-refractivity contribution in [2.24, 2.45) is 0 Å². The van der Waals surface area contributed by atoms with Crippen molar-refractivity contribution < 1.29 is 17.6 Å². The molecule has 0 atom stereocenters. The van der Waals surface area contributed by atoms with Crippen LogP contribution < -0.4 is 10.0 Å². The standard InChI is InChI=1S/C21H20FN3O3S/c1-15-10-12-23-14-19(15)25-29(27,28)20-5-3-2-4-18(20)21(26)24-13-11-16-6-8-17(22)9-7-16/h2-10,12,14,25H,11,13H2,1H3,(H,24,26). The molecule has 0 radical (unpaired) electrons. The number of rotatable bonds is 7. The maximum atomic E-state index is 13.0. The number of sulfonamides is 1. The molecule has 0 saturated heterocycles. The summed E-state index contributed by atoms with van der Waals surface area (Å²) in [6.45, 7) is 2.04. The Bertz CT molecular complexity index is 1120. The van der Waals surface area contributed by atoms with Gasteiger partial charge in [0, 0.05) is 12.7 Å². The summed E-state index contributed by atoms with van der Waals surface area (Å²) in [6, 6.07) is 13.7. The van der Waals surface area contributed by atoms with Crippen molar-refractivity contribution in [3.05, 3.63) is 89.5 Å². The number of amides is 1. The van der Waals surface area contributed by atoms with Gasteiger partial charge in [0.1, 0.15) is 10.7 Å². The van der Waals surface area contributed by atoms with Gasteiger partial charge >= 0.3 is 0 Å². The Labute approximate surface area is 168 Å². The van der Waals surface area contributed by atoms with Gasteiger partial charge in [0.2, 0.25) is 0 Å². The average molecular weight is 413 g/mol. The largest absolute Gasteiger partial charge is 0.352 e. The van der Waals surface area contributed by atoms with E-state index in [0.717, 1.165) is 5.56 Å². The number of halogens is 1. The summed E-state index contributed by atoms with van der Waals surface area (Å²) in [7, 11) is -3.99. The second-order valence-electron chi connectivity index (χ2n) is 6.42. The van der Waals surface area contributed by atoms with Crippen LogP contribution in [0.1, 0.15) is 21.5 Å². The number of pyridine rings is 1. The zero-order valence-electron chi connectivity index (χ0n) is 15.7. The molecule has 0 fully saturated rings. The zero-order valence-corrected chi connectivity index (χ0v) is 16.5. The van der Waals surface area contributed by atoms with Gasteiger partial charge in [-0.1, -0.05) is 24.3 Å². The topological polar surface area (TPSA) is 88.2 Å². The summed E-state index contributed by atoms with van der Waals surface area (Å²) in [5, 5.41) is 2.71. The first-order valence-corrected chi connectivity index (χ1v) is 10.4. The van der Waals surface area contributed by atoms with E-state index in [4.69, 9.17) is 0 Å². The minimum Gasteiger partial charge on any atom is -0.352 e. The summed E-state index contributed by atoms with van der Waals surface area (Å²) in [5.74, 6) is -0.829. The Morgan fingerprint density at radius 2 is 1.79 bits per heavy atom. The number of benzene rings is 2. The maximum absolute atomic E-state index is 13.0. The molecule has 0 aliphatic heterocycles. The first-order chi connectivity index (χ1) is 13.9. The van der Waals surface area contributed by atoms with Crippen molar-refractivity contribution >= 4 is 21.6 Å². The van der Waals surface area contributed by atoms with Crippen molar-refractivity contribution in [3.8, 4) is 0 Å². The van der Waals surface area contributed by atoms with E-state index in [1.165, 1.54) is 30.5 Å². The molecule has 0 bridgehead atoms. The number of hydrogen-bond acceptors (Lipinski definition) is 4. The van der Waals surface area contributed by atoms with Gasteiger partial charge < -0.3 is 5.32 Å². The molecule has 8 heteroatoms. The van der Waals surface area contributed by atoms with Gasteiger partial charge in [-0.2, -0.15) is 0 Å². The molecule has 150 valence electrons. The minimum atomic E-state index is -3.99. The van der Waals surface area contributed by atoms with Gasteiger partial charge in [-0.25, -0.2) is 12.8 Å². The van der Waals surface area contributed by atoms with Gasteiger partial charge in [0.15, 0.2) is 0 Å².